The molecule has 0 aliphatic carbocycles. The van der Waals surface area contributed by atoms with Gasteiger partial charge in [-0.05, 0) is 19.1 Å². The van der Waals surface area contributed by atoms with E-state index in [4.69, 9.17) is 4.42 Å². The molecule has 0 fully saturated rings. The van der Waals surface area contributed by atoms with Gasteiger partial charge in [-0.1, -0.05) is 11.3 Å². The monoisotopic (exact) mass is 208 g/mol. The van der Waals surface area contributed by atoms with Crippen molar-refractivity contribution in [3.8, 4) is 10.6 Å². The second-order valence-corrected chi connectivity index (χ2v) is 4.32. The third-order valence-corrected chi connectivity index (χ3v) is 3.04. The van der Waals surface area contributed by atoms with Crippen LogP contribution in [0.25, 0.3) is 10.6 Å². The second-order valence-electron chi connectivity index (χ2n) is 3.31. The smallest absolute Gasteiger partial charge is 0.185 e. The number of anilines is 1. The molecule has 0 bridgehead atoms. The molecule has 0 atom stereocenters. The van der Waals surface area contributed by atoms with Crippen molar-refractivity contribution in [2.45, 2.75) is 6.92 Å². The zero-order valence-corrected chi connectivity index (χ0v) is 9.26. The Bertz CT molecular complexity index is 431. The molecule has 2 aromatic heterocycles. The molecule has 2 aromatic rings. The van der Waals surface area contributed by atoms with Gasteiger partial charge >= 0.3 is 0 Å². The van der Waals surface area contributed by atoms with Crippen molar-refractivity contribution >= 4 is 16.5 Å². The molecule has 0 aliphatic rings. The molecule has 0 aliphatic heterocycles. The van der Waals surface area contributed by atoms with Gasteiger partial charge in [-0.3, -0.25) is 0 Å². The van der Waals surface area contributed by atoms with E-state index in [9.17, 15) is 0 Å². The molecule has 0 unspecified atom stereocenters. The highest BCUT2D eigenvalue weighted by Crippen LogP contribution is 2.31. The summed E-state index contributed by atoms with van der Waals surface area (Å²) in [6.45, 7) is 1.94. The number of hydrogen-bond donors (Lipinski definition) is 0. The fourth-order valence-corrected chi connectivity index (χ4v) is 1.95. The molecular weight excluding hydrogens is 196 g/mol. The zero-order chi connectivity index (χ0) is 10.1. The van der Waals surface area contributed by atoms with E-state index >= 15 is 0 Å². The molecule has 14 heavy (non-hydrogen) atoms. The topological polar surface area (TPSA) is 29.3 Å². The van der Waals surface area contributed by atoms with Crippen LogP contribution < -0.4 is 4.90 Å². The minimum absolute atomic E-state index is 0.896. The van der Waals surface area contributed by atoms with Gasteiger partial charge in [-0.2, -0.15) is 0 Å². The summed E-state index contributed by atoms with van der Waals surface area (Å²) < 4.78 is 5.51. The van der Waals surface area contributed by atoms with Gasteiger partial charge in [0, 0.05) is 14.1 Å². The molecule has 2 heterocycles. The summed E-state index contributed by atoms with van der Waals surface area (Å²) in [5, 5.41) is 0.994. The molecule has 4 heteroatoms. The summed E-state index contributed by atoms with van der Waals surface area (Å²) in [6.07, 6.45) is 1.85. The minimum Gasteiger partial charge on any atom is -0.460 e. The van der Waals surface area contributed by atoms with E-state index in [-0.39, 0.29) is 0 Å². The number of furan rings is 1. The fraction of sp³-hybridized carbons (Fsp3) is 0.300. The molecule has 0 spiro atoms. The maximum absolute atomic E-state index is 5.51. The van der Waals surface area contributed by atoms with Crippen LogP contribution in [0.3, 0.4) is 0 Å². The Balaban J connectivity index is 2.33. The van der Waals surface area contributed by atoms with Gasteiger partial charge in [0.15, 0.2) is 5.13 Å². The number of hydrogen-bond acceptors (Lipinski definition) is 4. The quantitative estimate of drug-likeness (QED) is 0.760. The Hall–Kier alpha value is -1.29. The average molecular weight is 208 g/mol. The molecule has 0 saturated carbocycles. The van der Waals surface area contributed by atoms with Crippen molar-refractivity contribution in [1.29, 1.82) is 0 Å². The van der Waals surface area contributed by atoms with E-state index in [2.05, 4.69) is 4.98 Å². The highest BCUT2D eigenvalue weighted by atomic mass is 32.1. The Labute approximate surface area is 87.0 Å². The van der Waals surface area contributed by atoms with Crippen molar-refractivity contribution in [2.75, 3.05) is 19.0 Å². The van der Waals surface area contributed by atoms with Gasteiger partial charge in [-0.15, -0.1) is 0 Å². The lowest BCUT2D eigenvalue weighted by Crippen LogP contribution is -2.07. The van der Waals surface area contributed by atoms with E-state index in [1.807, 2.05) is 44.2 Å². The maximum atomic E-state index is 5.51. The summed E-state index contributed by atoms with van der Waals surface area (Å²) in [6, 6.07) is 3.94. The van der Waals surface area contributed by atoms with Gasteiger partial charge in [0.25, 0.3) is 0 Å². The van der Waals surface area contributed by atoms with Crippen LogP contribution in [-0.2, 0) is 0 Å². The molecule has 2 rings (SSSR count). The highest BCUT2D eigenvalue weighted by molar-refractivity contribution is 7.18. The Morgan fingerprint density at radius 1 is 1.36 bits per heavy atom. The first kappa shape index (κ1) is 9.27. The standard InChI is InChI=1S/C10H12N2OS/c1-7-4-5-8(13-7)9-6-11-10(14-9)12(2)3/h4-6H,1-3H3. The molecule has 0 radical (unpaired) electrons. The molecule has 0 N–H and O–H groups in total. The molecule has 3 nitrogen and oxygen atoms in total. The first-order chi connectivity index (χ1) is 6.66. The first-order valence-electron chi connectivity index (χ1n) is 4.37. The van der Waals surface area contributed by atoms with Crippen molar-refractivity contribution in [1.82, 2.24) is 4.98 Å². The number of aryl methyl sites for hydroxylation is 1. The van der Waals surface area contributed by atoms with Crippen LogP contribution in [0.2, 0.25) is 0 Å². The summed E-state index contributed by atoms with van der Waals surface area (Å²) in [7, 11) is 3.96. The summed E-state index contributed by atoms with van der Waals surface area (Å²) in [4.78, 5) is 7.35. The lowest BCUT2D eigenvalue weighted by Gasteiger charge is -2.04. The van der Waals surface area contributed by atoms with Crippen LogP contribution in [0.4, 0.5) is 5.13 Å². The zero-order valence-electron chi connectivity index (χ0n) is 8.44. The normalized spacial score (nSPS) is 10.5. The van der Waals surface area contributed by atoms with Crippen LogP contribution in [0.5, 0.6) is 0 Å². The van der Waals surface area contributed by atoms with Crippen molar-refractivity contribution in [3.05, 3.63) is 24.1 Å². The number of nitrogens with zero attached hydrogens (tertiary/aromatic N) is 2. The van der Waals surface area contributed by atoms with Crippen LogP contribution in [0.15, 0.2) is 22.7 Å². The van der Waals surface area contributed by atoms with Crippen molar-refractivity contribution in [2.24, 2.45) is 0 Å². The number of thiazole rings is 1. The van der Waals surface area contributed by atoms with Gasteiger partial charge in [0.05, 0.1) is 11.1 Å². The van der Waals surface area contributed by atoms with E-state index in [1.54, 1.807) is 11.3 Å². The van der Waals surface area contributed by atoms with Gasteiger partial charge in [0.2, 0.25) is 0 Å². The lowest BCUT2D eigenvalue weighted by molar-refractivity contribution is 0.549. The van der Waals surface area contributed by atoms with Crippen LogP contribution in [0.1, 0.15) is 5.76 Å². The van der Waals surface area contributed by atoms with Crippen molar-refractivity contribution < 1.29 is 4.42 Å². The van der Waals surface area contributed by atoms with E-state index in [1.165, 1.54) is 0 Å². The molecule has 0 aromatic carbocycles. The molecule has 0 amide bonds. The summed E-state index contributed by atoms with van der Waals surface area (Å²) in [5.41, 5.74) is 0. The predicted octanol–water partition coefficient (Wildman–Crippen LogP) is 2.78. The SMILES string of the molecule is Cc1ccc(-c2cnc(N(C)C)s2)o1. The van der Waals surface area contributed by atoms with Gasteiger partial charge in [-0.25, -0.2) is 4.98 Å². The minimum atomic E-state index is 0.896. The van der Waals surface area contributed by atoms with Crippen LogP contribution in [0, 0.1) is 6.92 Å². The lowest BCUT2D eigenvalue weighted by atomic mass is 10.4. The predicted molar refractivity (Wildman–Crippen MR) is 58.9 cm³/mol. The Morgan fingerprint density at radius 2 is 2.14 bits per heavy atom. The first-order valence-corrected chi connectivity index (χ1v) is 5.18. The Kier molecular flexibility index (Phi) is 2.29. The third-order valence-electron chi connectivity index (χ3n) is 1.86. The van der Waals surface area contributed by atoms with Gasteiger partial charge in [0.1, 0.15) is 11.5 Å². The number of aromatic nitrogens is 1. The van der Waals surface area contributed by atoms with Gasteiger partial charge < -0.3 is 9.32 Å². The summed E-state index contributed by atoms with van der Waals surface area (Å²) in [5.74, 6) is 1.83. The fourth-order valence-electron chi connectivity index (χ4n) is 1.15. The van der Waals surface area contributed by atoms with Crippen LogP contribution in [-0.4, -0.2) is 19.1 Å². The van der Waals surface area contributed by atoms with E-state index in [0.717, 1.165) is 21.5 Å². The summed E-state index contributed by atoms with van der Waals surface area (Å²) >= 11 is 1.63. The molecule has 74 valence electrons. The molecule has 0 saturated heterocycles. The van der Waals surface area contributed by atoms with E-state index in [0.29, 0.717) is 0 Å². The maximum Gasteiger partial charge on any atom is 0.185 e. The average Bonchev–Trinajstić information content (AvgIpc) is 2.70. The largest absolute Gasteiger partial charge is 0.460 e. The van der Waals surface area contributed by atoms with E-state index < -0.39 is 0 Å². The van der Waals surface area contributed by atoms with Crippen LogP contribution >= 0.6 is 11.3 Å². The van der Waals surface area contributed by atoms with Crippen molar-refractivity contribution in [3.63, 3.8) is 0 Å². The second kappa shape index (κ2) is 3.46. The highest BCUT2D eigenvalue weighted by Gasteiger charge is 2.08. The third kappa shape index (κ3) is 1.65. The number of rotatable bonds is 2. The Morgan fingerprint density at radius 3 is 2.64 bits per heavy atom. The molecular formula is C10H12N2OS.